The zero-order chi connectivity index (χ0) is 9.68. The summed E-state index contributed by atoms with van der Waals surface area (Å²) in [5.41, 5.74) is 0.391. The molecule has 0 aliphatic carbocycles. The van der Waals surface area contributed by atoms with Crippen molar-refractivity contribution in [3.8, 4) is 0 Å². The maximum absolute atomic E-state index is 10.5. The van der Waals surface area contributed by atoms with Crippen LogP contribution in [0.1, 0.15) is 5.56 Å². The van der Waals surface area contributed by atoms with Crippen LogP contribution in [0.4, 0.5) is 5.69 Å². The molecule has 0 saturated heterocycles. The van der Waals surface area contributed by atoms with Gasteiger partial charge in [-0.1, -0.05) is 12.1 Å². The van der Waals surface area contributed by atoms with Gasteiger partial charge in [0.25, 0.3) is 5.69 Å². The Hall–Kier alpha value is -1.32. The maximum Gasteiger partial charge on any atom is 0.327 e. The number of nitrogens with zero attached hydrogens (tertiary/aromatic N) is 1. The minimum absolute atomic E-state index is 0.0221. The fourth-order valence-electron chi connectivity index (χ4n) is 0.907. The van der Waals surface area contributed by atoms with E-state index in [1.807, 2.05) is 0 Å². The molecular formula is C7H6NO4P. The lowest BCUT2D eigenvalue weighted by Crippen LogP contribution is -1.94. The first-order chi connectivity index (χ1) is 6.25. The van der Waals surface area contributed by atoms with E-state index in [9.17, 15) is 14.7 Å². The van der Waals surface area contributed by atoms with Gasteiger partial charge in [-0.25, -0.2) is 4.57 Å². The number of benzene rings is 1. The highest BCUT2D eigenvalue weighted by Gasteiger charge is 2.11. The molecule has 0 aliphatic heterocycles. The van der Waals surface area contributed by atoms with Crippen LogP contribution in [0.15, 0.2) is 24.3 Å². The number of nitro benzene ring substituents is 1. The van der Waals surface area contributed by atoms with Crippen molar-refractivity contribution in [2.75, 3.05) is 0 Å². The summed E-state index contributed by atoms with van der Waals surface area (Å²) in [6.45, 7) is -0.0256. The van der Waals surface area contributed by atoms with E-state index in [1.54, 1.807) is 18.2 Å². The quantitative estimate of drug-likeness (QED) is 0.423. The fourth-order valence-corrected chi connectivity index (χ4v) is 1.10. The molecule has 0 amide bonds. The minimum Gasteiger partial charge on any atom is -0.289 e. The number of hydrogen-bond acceptors (Lipinski definition) is 4. The van der Waals surface area contributed by atoms with Gasteiger partial charge in [0, 0.05) is 6.07 Å². The fraction of sp³-hybridized carbons (Fsp3) is 0.143. The van der Waals surface area contributed by atoms with Crippen molar-refractivity contribution in [2.24, 2.45) is 0 Å². The predicted molar refractivity (Wildman–Crippen MR) is 45.5 cm³/mol. The monoisotopic (exact) mass is 199 g/mol. The number of rotatable bonds is 4. The summed E-state index contributed by atoms with van der Waals surface area (Å²) >= 11 is 0. The molecule has 0 unspecified atom stereocenters. The molecule has 0 N–H and O–H groups in total. The Morgan fingerprint density at radius 3 is 2.77 bits per heavy atom. The van der Waals surface area contributed by atoms with E-state index < -0.39 is 13.6 Å². The zero-order valence-corrected chi connectivity index (χ0v) is 7.44. The highest BCUT2D eigenvalue weighted by atomic mass is 31.1. The molecule has 0 aliphatic rings. The molecule has 0 atom stereocenters. The highest BCUT2D eigenvalue weighted by Crippen LogP contribution is 2.19. The van der Waals surface area contributed by atoms with Gasteiger partial charge in [0.15, 0.2) is 0 Å². The molecule has 0 heterocycles. The van der Waals surface area contributed by atoms with Gasteiger partial charge in [-0.3, -0.25) is 14.6 Å². The molecular weight excluding hydrogens is 193 g/mol. The second-order valence-corrected chi connectivity index (χ2v) is 2.64. The SMILES string of the molecule is O=POCc1ccccc1[N+](=O)[O-]. The summed E-state index contributed by atoms with van der Waals surface area (Å²) in [6, 6.07) is 6.16. The van der Waals surface area contributed by atoms with Crippen molar-refractivity contribution in [3.05, 3.63) is 39.9 Å². The molecule has 0 fully saturated rings. The summed E-state index contributed by atoms with van der Waals surface area (Å²) in [6.07, 6.45) is 0. The van der Waals surface area contributed by atoms with Crippen molar-refractivity contribution in [2.45, 2.75) is 6.61 Å². The summed E-state index contributed by atoms with van der Waals surface area (Å²) in [7, 11) is -0.478. The maximum atomic E-state index is 10.5. The third-order valence-electron chi connectivity index (χ3n) is 1.46. The third kappa shape index (κ3) is 2.57. The first kappa shape index (κ1) is 9.77. The van der Waals surface area contributed by atoms with E-state index in [0.29, 0.717) is 5.56 Å². The number of para-hydroxylation sites is 1. The Labute approximate surface area is 75.8 Å². The molecule has 5 nitrogen and oxygen atoms in total. The second-order valence-electron chi connectivity index (χ2n) is 2.23. The van der Waals surface area contributed by atoms with Gasteiger partial charge >= 0.3 is 8.69 Å². The van der Waals surface area contributed by atoms with Crippen LogP contribution in [-0.2, 0) is 15.7 Å². The van der Waals surface area contributed by atoms with Gasteiger partial charge in [0.1, 0.15) is 0 Å². The lowest BCUT2D eigenvalue weighted by Gasteiger charge is -1.98. The predicted octanol–water partition coefficient (Wildman–Crippen LogP) is 2.32. The molecule has 0 bridgehead atoms. The van der Waals surface area contributed by atoms with Gasteiger partial charge < -0.3 is 0 Å². The lowest BCUT2D eigenvalue weighted by atomic mass is 10.2. The number of nitro groups is 1. The number of hydrogen-bond donors (Lipinski definition) is 0. The zero-order valence-electron chi connectivity index (χ0n) is 6.54. The summed E-state index contributed by atoms with van der Waals surface area (Å²) in [5, 5.41) is 10.5. The Balaban J connectivity index is 2.90. The largest absolute Gasteiger partial charge is 0.327 e. The molecule has 0 saturated carbocycles. The van der Waals surface area contributed by atoms with E-state index in [0.717, 1.165) is 0 Å². The minimum atomic E-state index is -0.500. The Morgan fingerprint density at radius 1 is 1.46 bits per heavy atom. The standard InChI is InChI=1S/C7H6NO4P/c9-8(10)7-4-2-1-3-6(7)5-12-13-11/h1-4H,5H2. The molecule has 13 heavy (non-hydrogen) atoms. The Bertz CT molecular complexity index is 328. The summed E-state index contributed by atoms with van der Waals surface area (Å²) in [4.78, 5) is 9.95. The Kier molecular flexibility index (Phi) is 3.49. The molecule has 6 heteroatoms. The molecule has 1 aromatic rings. The van der Waals surface area contributed by atoms with E-state index in [4.69, 9.17) is 0 Å². The lowest BCUT2D eigenvalue weighted by molar-refractivity contribution is -0.385. The van der Waals surface area contributed by atoms with Gasteiger partial charge in [-0.05, 0) is 6.07 Å². The van der Waals surface area contributed by atoms with Crippen molar-refractivity contribution >= 4 is 14.4 Å². The summed E-state index contributed by atoms with van der Waals surface area (Å²) < 4.78 is 14.5. The van der Waals surface area contributed by atoms with Crippen LogP contribution in [0.5, 0.6) is 0 Å². The average molecular weight is 199 g/mol. The normalized spacial score (nSPS) is 10.2. The third-order valence-corrected chi connectivity index (χ3v) is 1.70. The smallest absolute Gasteiger partial charge is 0.289 e. The summed E-state index contributed by atoms with van der Waals surface area (Å²) in [5.74, 6) is 0. The van der Waals surface area contributed by atoms with Crippen molar-refractivity contribution in [3.63, 3.8) is 0 Å². The van der Waals surface area contributed by atoms with Crippen LogP contribution >= 0.6 is 8.69 Å². The molecule has 1 rings (SSSR count). The van der Waals surface area contributed by atoms with E-state index in [2.05, 4.69) is 4.52 Å². The van der Waals surface area contributed by atoms with Gasteiger partial charge in [-0.2, -0.15) is 0 Å². The van der Waals surface area contributed by atoms with Crippen LogP contribution < -0.4 is 0 Å². The first-order valence-corrected chi connectivity index (χ1v) is 4.15. The molecule has 0 aromatic heterocycles. The van der Waals surface area contributed by atoms with Gasteiger partial charge in [0.2, 0.25) is 0 Å². The molecule has 68 valence electrons. The highest BCUT2D eigenvalue weighted by molar-refractivity contribution is 7.17. The van der Waals surface area contributed by atoms with Crippen LogP contribution in [-0.4, -0.2) is 4.92 Å². The second kappa shape index (κ2) is 4.64. The van der Waals surface area contributed by atoms with Gasteiger partial charge in [-0.15, -0.1) is 0 Å². The van der Waals surface area contributed by atoms with Crippen LogP contribution in [0.2, 0.25) is 0 Å². The van der Waals surface area contributed by atoms with Crippen molar-refractivity contribution < 1.29 is 14.0 Å². The Morgan fingerprint density at radius 2 is 2.15 bits per heavy atom. The topological polar surface area (TPSA) is 69.4 Å². The van der Waals surface area contributed by atoms with Crippen molar-refractivity contribution in [1.29, 1.82) is 0 Å². The van der Waals surface area contributed by atoms with Crippen LogP contribution in [0.25, 0.3) is 0 Å². The van der Waals surface area contributed by atoms with E-state index in [-0.39, 0.29) is 12.3 Å². The van der Waals surface area contributed by atoms with E-state index >= 15 is 0 Å². The van der Waals surface area contributed by atoms with E-state index in [1.165, 1.54) is 6.07 Å². The first-order valence-electron chi connectivity index (χ1n) is 3.42. The van der Waals surface area contributed by atoms with Crippen LogP contribution in [0.3, 0.4) is 0 Å². The average Bonchev–Trinajstić information content (AvgIpc) is 2.15. The molecule has 1 aromatic carbocycles. The van der Waals surface area contributed by atoms with Gasteiger partial charge in [0.05, 0.1) is 17.1 Å². The van der Waals surface area contributed by atoms with Crippen molar-refractivity contribution in [1.82, 2.24) is 0 Å². The molecule has 0 radical (unpaired) electrons. The molecule has 0 spiro atoms. The van der Waals surface area contributed by atoms with Crippen LogP contribution in [0, 0.1) is 10.1 Å².